The molecule has 1 unspecified atom stereocenters. The zero-order chi connectivity index (χ0) is 16.5. The fourth-order valence-corrected chi connectivity index (χ4v) is 2.52. The van der Waals surface area contributed by atoms with Crippen LogP contribution < -0.4 is 15.4 Å². The second-order valence-electron chi connectivity index (χ2n) is 5.73. The van der Waals surface area contributed by atoms with Crippen molar-refractivity contribution in [3.63, 3.8) is 0 Å². The Bertz CT molecular complexity index is 488. The summed E-state index contributed by atoms with van der Waals surface area (Å²) in [4.78, 5) is 6.48. The fourth-order valence-electron chi connectivity index (χ4n) is 2.52. The molecule has 2 N–H and O–H groups in total. The van der Waals surface area contributed by atoms with E-state index in [-0.39, 0.29) is 30.1 Å². The normalized spacial score (nSPS) is 16.3. The van der Waals surface area contributed by atoms with Crippen LogP contribution >= 0.6 is 24.0 Å². The molecule has 1 atom stereocenters. The molecule has 1 heterocycles. The van der Waals surface area contributed by atoms with Crippen molar-refractivity contribution in [1.82, 2.24) is 15.5 Å². The number of methoxy groups -OCH3 is 1. The number of ether oxygens (including phenoxy) is 2. The molecule has 24 heavy (non-hydrogen) atoms. The molecule has 7 heteroatoms. The quantitative estimate of drug-likeness (QED) is 0.357. The van der Waals surface area contributed by atoms with Crippen molar-refractivity contribution in [1.29, 1.82) is 0 Å². The van der Waals surface area contributed by atoms with Crippen molar-refractivity contribution in [2.24, 2.45) is 4.99 Å². The number of nitrogens with zero attached hydrogens (tertiary/aromatic N) is 2. The number of para-hydroxylation sites is 1. The minimum Gasteiger partial charge on any atom is -0.488 e. The third kappa shape index (κ3) is 6.82. The lowest BCUT2D eigenvalue weighted by atomic mass is 10.1. The highest BCUT2D eigenvalue weighted by atomic mass is 127. The summed E-state index contributed by atoms with van der Waals surface area (Å²) in [5.41, 5.74) is 1.28. The van der Waals surface area contributed by atoms with Gasteiger partial charge in [-0.1, -0.05) is 18.2 Å². The molecule has 1 aliphatic heterocycles. The lowest BCUT2D eigenvalue weighted by molar-refractivity contribution is 0.162. The Kier molecular flexibility index (Phi) is 10.0. The molecule has 0 saturated carbocycles. The summed E-state index contributed by atoms with van der Waals surface area (Å²) in [6, 6.07) is 8.21. The Morgan fingerprint density at radius 2 is 2.12 bits per heavy atom. The number of aliphatic imine (C=N–C) groups is 1. The maximum Gasteiger partial charge on any atom is 0.191 e. The average molecular weight is 448 g/mol. The van der Waals surface area contributed by atoms with E-state index in [1.54, 1.807) is 14.2 Å². The lowest BCUT2D eigenvalue weighted by Crippen LogP contribution is -2.44. The summed E-state index contributed by atoms with van der Waals surface area (Å²) in [5.74, 6) is 1.81. The largest absolute Gasteiger partial charge is 0.488 e. The first-order valence-corrected chi connectivity index (χ1v) is 8.09. The molecule has 0 aliphatic carbocycles. The van der Waals surface area contributed by atoms with Crippen LogP contribution in [-0.4, -0.2) is 71.0 Å². The Hall–Kier alpha value is -1.06. The van der Waals surface area contributed by atoms with Gasteiger partial charge in [-0.15, -0.1) is 24.0 Å². The number of fused-ring (bicyclic) bond motifs is 1. The van der Waals surface area contributed by atoms with Gasteiger partial charge in [-0.25, -0.2) is 0 Å². The Morgan fingerprint density at radius 3 is 2.83 bits per heavy atom. The molecule has 6 nitrogen and oxygen atoms in total. The van der Waals surface area contributed by atoms with E-state index in [4.69, 9.17) is 9.47 Å². The topological polar surface area (TPSA) is 58.1 Å². The van der Waals surface area contributed by atoms with Crippen LogP contribution in [0.2, 0.25) is 0 Å². The molecule has 0 saturated heterocycles. The second-order valence-corrected chi connectivity index (χ2v) is 5.73. The molecule has 2 rings (SSSR count). The van der Waals surface area contributed by atoms with Gasteiger partial charge in [-0.05, 0) is 18.7 Å². The highest BCUT2D eigenvalue weighted by Gasteiger charge is 2.22. The van der Waals surface area contributed by atoms with Gasteiger partial charge >= 0.3 is 0 Å². The monoisotopic (exact) mass is 448 g/mol. The van der Waals surface area contributed by atoms with Gasteiger partial charge in [0.2, 0.25) is 0 Å². The van der Waals surface area contributed by atoms with E-state index in [1.165, 1.54) is 5.56 Å². The maximum atomic E-state index is 5.92. The zero-order valence-electron chi connectivity index (χ0n) is 14.7. The highest BCUT2D eigenvalue weighted by Crippen LogP contribution is 2.27. The van der Waals surface area contributed by atoms with Crippen LogP contribution in [0.1, 0.15) is 5.56 Å². The molecule has 0 spiro atoms. The number of rotatable bonds is 8. The molecule has 1 aromatic rings. The smallest absolute Gasteiger partial charge is 0.191 e. The van der Waals surface area contributed by atoms with Crippen molar-refractivity contribution >= 4 is 29.9 Å². The van der Waals surface area contributed by atoms with Crippen molar-refractivity contribution in [2.45, 2.75) is 12.5 Å². The number of hydrogen-bond acceptors (Lipinski definition) is 4. The summed E-state index contributed by atoms with van der Waals surface area (Å²) in [5, 5.41) is 6.66. The van der Waals surface area contributed by atoms with Gasteiger partial charge in [-0.3, -0.25) is 4.99 Å². The molecule has 0 fully saturated rings. The average Bonchev–Trinajstić information content (AvgIpc) is 2.98. The van der Waals surface area contributed by atoms with Gasteiger partial charge < -0.3 is 25.0 Å². The van der Waals surface area contributed by atoms with E-state index in [2.05, 4.69) is 39.7 Å². The van der Waals surface area contributed by atoms with E-state index in [1.807, 2.05) is 12.1 Å². The Labute approximate surface area is 162 Å². The molecule has 0 radical (unpaired) electrons. The summed E-state index contributed by atoms with van der Waals surface area (Å²) >= 11 is 0. The first kappa shape index (κ1) is 21.0. The predicted octanol–water partition coefficient (Wildman–Crippen LogP) is 1.35. The van der Waals surface area contributed by atoms with Gasteiger partial charge in [0.15, 0.2) is 5.96 Å². The zero-order valence-corrected chi connectivity index (χ0v) is 17.1. The van der Waals surface area contributed by atoms with E-state index in [0.29, 0.717) is 0 Å². The van der Waals surface area contributed by atoms with Crippen LogP contribution in [-0.2, 0) is 11.2 Å². The Balaban J connectivity index is 0.00000288. The molecule has 0 aromatic heterocycles. The van der Waals surface area contributed by atoms with Gasteiger partial charge in [0.25, 0.3) is 0 Å². The number of guanidine groups is 1. The molecule has 136 valence electrons. The van der Waals surface area contributed by atoms with Crippen LogP contribution in [0.5, 0.6) is 5.75 Å². The third-order valence-electron chi connectivity index (χ3n) is 3.90. The number of benzene rings is 1. The van der Waals surface area contributed by atoms with Crippen molar-refractivity contribution < 1.29 is 9.47 Å². The van der Waals surface area contributed by atoms with Crippen LogP contribution in [0.15, 0.2) is 29.3 Å². The summed E-state index contributed by atoms with van der Waals surface area (Å²) in [6.07, 6.45) is 1.11. The standard InChI is InChI=1S/C17H28N4O2.HI/c1-18-17(19-8-9-21(2)10-11-22-3)20-13-15-12-14-6-4-5-7-16(14)23-15;/h4-7,15H,8-13H2,1-3H3,(H2,18,19,20);1H. The van der Waals surface area contributed by atoms with E-state index in [9.17, 15) is 0 Å². The number of hydrogen-bond donors (Lipinski definition) is 2. The SMILES string of the molecule is CN=C(NCCN(C)CCOC)NCC1Cc2ccccc2O1.I. The second kappa shape index (κ2) is 11.5. The minimum absolute atomic E-state index is 0. The maximum absolute atomic E-state index is 5.92. The Morgan fingerprint density at radius 1 is 1.33 bits per heavy atom. The summed E-state index contributed by atoms with van der Waals surface area (Å²) in [6.45, 7) is 4.20. The van der Waals surface area contributed by atoms with Crippen LogP contribution in [0, 0.1) is 0 Å². The third-order valence-corrected chi connectivity index (χ3v) is 3.90. The van der Waals surface area contributed by atoms with E-state index < -0.39 is 0 Å². The number of likely N-dealkylation sites (N-methyl/N-ethyl adjacent to an activating group) is 1. The molecule has 1 aromatic carbocycles. The molecule has 1 aliphatic rings. The minimum atomic E-state index is 0. The number of halogens is 1. The van der Waals surface area contributed by atoms with Crippen LogP contribution in [0.25, 0.3) is 0 Å². The van der Waals surface area contributed by atoms with Crippen molar-refractivity contribution in [3.8, 4) is 5.75 Å². The van der Waals surface area contributed by atoms with Gasteiger partial charge in [0.1, 0.15) is 11.9 Å². The van der Waals surface area contributed by atoms with Crippen molar-refractivity contribution in [3.05, 3.63) is 29.8 Å². The highest BCUT2D eigenvalue weighted by molar-refractivity contribution is 14.0. The molecule has 0 bridgehead atoms. The first-order chi connectivity index (χ1) is 11.2. The molecule has 0 amide bonds. The van der Waals surface area contributed by atoms with E-state index in [0.717, 1.165) is 50.9 Å². The lowest BCUT2D eigenvalue weighted by Gasteiger charge is -2.19. The number of nitrogens with one attached hydrogen (secondary N) is 2. The predicted molar refractivity (Wildman–Crippen MR) is 109 cm³/mol. The molecular formula is C17H29IN4O2. The van der Waals surface area contributed by atoms with Gasteiger partial charge in [0, 0.05) is 40.2 Å². The van der Waals surface area contributed by atoms with Crippen LogP contribution in [0.3, 0.4) is 0 Å². The first-order valence-electron chi connectivity index (χ1n) is 8.09. The fraction of sp³-hybridized carbons (Fsp3) is 0.588. The van der Waals surface area contributed by atoms with Crippen molar-refractivity contribution in [2.75, 3.05) is 54.0 Å². The van der Waals surface area contributed by atoms with Gasteiger partial charge in [0.05, 0.1) is 13.2 Å². The van der Waals surface area contributed by atoms with Crippen LogP contribution in [0.4, 0.5) is 0 Å². The van der Waals surface area contributed by atoms with E-state index >= 15 is 0 Å². The molecular weight excluding hydrogens is 419 g/mol. The summed E-state index contributed by atoms with van der Waals surface area (Å²) < 4.78 is 11.0. The van der Waals surface area contributed by atoms with Gasteiger partial charge in [-0.2, -0.15) is 0 Å². The summed E-state index contributed by atoms with van der Waals surface area (Å²) in [7, 11) is 5.59.